The topological polar surface area (TPSA) is 29.5 Å². The van der Waals surface area contributed by atoms with Gasteiger partial charge in [-0.25, -0.2) is 4.39 Å². The van der Waals surface area contributed by atoms with Gasteiger partial charge >= 0.3 is 0 Å². The number of rotatable bonds is 5. The summed E-state index contributed by atoms with van der Waals surface area (Å²) in [6.45, 7) is 7.96. The summed E-state index contributed by atoms with van der Waals surface area (Å²) in [5.74, 6) is -0.354. The molecule has 2 atom stereocenters. The van der Waals surface area contributed by atoms with E-state index in [1.54, 1.807) is 0 Å². The van der Waals surface area contributed by atoms with Gasteiger partial charge in [-0.1, -0.05) is 13.0 Å². The first-order valence-electron chi connectivity index (χ1n) is 6.07. The number of aliphatic hydroxyl groups is 1. The lowest BCUT2D eigenvalue weighted by atomic mass is 9.96. The third kappa shape index (κ3) is 3.27. The normalized spacial score (nSPS) is 14.7. The van der Waals surface area contributed by atoms with Crippen LogP contribution in [0.2, 0.25) is 0 Å². The van der Waals surface area contributed by atoms with Crippen LogP contribution in [0.4, 0.5) is 4.39 Å². The first-order valence-corrected chi connectivity index (χ1v) is 6.07. The smallest absolute Gasteiger partial charge is 0.129 e. The molecule has 0 radical (unpaired) electrons. The Bertz CT molecular complexity index is 353. The van der Waals surface area contributed by atoms with Gasteiger partial charge in [0.2, 0.25) is 0 Å². The van der Waals surface area contributed by atoms with Crippen molar-refractivity contribution in [3.63, 3.8) is 0 Å². The molecular formula is C14H21FO2. The van der Waals surface area contributed by atoms with E-state index in [1.165, 1.54) is 6.07 Å². The van der Waals surface area contributed by atoms with Gasteiger partial charge in [0.1, 0.15) is 11.9 Å². The molecule has 0 fully saturated rings. The molecule has 0 spiro atoms. The van der Waals surface area contributed by atoms with E-state index in [0.29, 0.717) is 18.6 Å². The number of hydrogen-bond acceptors (Lipinski definition) is 2. The number of aliphatic hydroxyl groups excluding tert-OH is 1. The van der Waals surface area contributed by atoms with Gasteiger partial charge in [0, 0.05) is 12.2 Å². The zero-order chi connectivity index (χ0) is 13.0. The van der Waals surface area contributed by atoms with Crippen LogP contribution in [0, 0.1) is 19.7 Å². The minimum Gasteiger partial charge on any atom is -0.386 e. The lowest BCUT2D eigenvalue weighted by Crippen LogP contribution is -2.23. The van der Waals surface area contributed by atoms with Crippen molar-refractivity contribution in [2.24, 2.45) is 0 Å². The van der Waals surface area contributed by atoms with Crippen LogP contribution in [0.3, 0.4) is 0 Å². The van der Waals surface area contributed by atoms with Crippen molar-refractivity contribution in [2.75, 3.05) is 6.61 Å². The van der Waals surface area contributed by atoms with Crippen LogP contribution < -0.4 is 0 Å². The Morgan fingerprint density at radius 2 is 1.94 bits per heavy atom. The van der Waals surface area contributed by atoms with Gasteiger partial charge in [-0.3, -0.25) is 0 Å². The third-order valence-corrected chi connectivity index (χ3v) is 2.91. The first-order chi connectivity index (χ1) is 8.01. The maximum absolute atomic E-state index is 13.9. The maximum Gasteiger partial charge on any atom is 0.129 e. The quantitative estimate of drug-likeness (QED) is 0.855. The van der Waals surface area contributed by atoms with E-state index in [1.807, 2.05) is 33.8 Å². The molecule has 17 heavy (non-hydrogen) atoms. The lowest BCUT2D eigenvalue weighted by molar-refractivity contribution is -0.0372. The summed E-state index contributed by atoms with van der Waals surface area (Å²) in [6, 6.07) is 3.32. The molecule has 0 heterocycles. The lowest BCUT2D eigenvalue weighted by Gasteiger charge is -2.23. The second kappa shape index (κ2) is 6.12. The van der Waals surface area contributed by atoms with Crippen molar-refractivity contribution in [1.82, 2.24) is 0 Å². The summed E-state index contributed by atoms with van der Waals surface area (Å²) in [5.41, 5.74) is 1.99. The third-order valence-electron chi connectivity index (χ3n) is 2.91. The molecule has 0 aromatic heterocycles. The van der Waals surface area contributed by atoms with Gasteiger partial charge < -0.3 is 9.84 Å². The monoisotopic (exact) mass is 240 g/mol. The molecule has 1 aromatic carbocycles. The molecule has 2 nitrogen and oxygen atoms in total. The Kier molecular flexibility index (Phi) is 5.09. The van der Waals surface area contributed by atoms with Crippen LogP contribution in [0.1, 0.15) is 43.1 Å². The molecule has 0 saturated heterocycles. The molecule has 0 bridgehead atoms. The highest BCUT2D eigenvalue weighted by atomic mass is 19.1. The van der Waals surface area contributed by atoms with Crippen LogP contribution in [-0.4, -0.2) is 17.8 Å². The molecule has 0 amide bonds. The molecular weight excluding hydrogens is 219 g/mol. The highest BCUT2D eigenvalue weighted by Crippen LogP contribution is 2.27. The molecule has 3 heteroatoms. The van der Waals surface area contributed by atoms with E-state index in [-0.39, 0.29) is 11.9 Å². The molecule has 1 aromatic rings. The summed E-state index contributed by atoms with van der Waals surface area (Å²) in [4.78, 5) is 0. The van der Waals surface area contributed by atoms with Crippen LogP contribution >= 0.6 is 0 Å². The van der Waals surface area contributed by atoms with Crippen LogP contribution in [-0.2, 0) is 4.74 Å². The second-order valence-electron chi connectivity index (χ2n) is 4.32. The summed E-state index contributed by atoms with van der Waals surface area (Å²) in [7, 11) is 0. The fourth-order valence-electron chi connectivity index (χ4n) is 2.13. The Labute approximate surface area is 102 Å². The number of halogens is 1. The van der Waals surface area contributed by atoms with Crippen LogP contribution in [0.15, 0.2) is 12.1 Å². The fourth-order valence-corrected chi connectivity index (χ4v) is 2.13. The van der Waals surface area contributed by atoms with Crippen molar-refractivity contribution in [3.05, 3.63) is 34.6 Å². The highest BCUT2D eigenvalue weighted by Gasteiger charge is 2.24. The average Bonchev–Trinajstić information content (AvgIpc) is 2.24. The molecule has 96 valence electrons. The summed E-state index contributed by atoms with van der Waals surface area (Å²) < 4.78 is 19.3. The molecule has 0 aliphatic carbocycles. The molecule has 1 rings (SSSR count). The molecule has 0 aliphatic rings. The Balaban J connectivity index is 3.06. The number of benzene rings is 1. The van der Waals surface area contributed by atoms with Crippen molar-refractivity contribution in [1.29, 1.82) is 0 Å². The highest BCUT2D eigenvalue weighted by molar-refractivity contribution is 5.34. The molecule has 2 unspecified atom stereocenters. The first kappa shape index (κ1) is 14.1. The van der Waals surface area contributed by atoms with E-state index in [2.05, 4.69) is 0 Å². The molecule has 1 N–H and O–H groups in total. The van der Waals surface area contributed by atoms with E-state index >= 15 is 0 Å². The Morgan fingerprint density at radius 1 is 1.29 bits per heavy atom. The van der Waals surface area contributed by atoms with Crippen molar-refractivity contribution in [2.45, 2.75) is 46.3 Å². The Morgan fingerprint density at radius 3 is 2.41 bits per heavy atom. The van der Waals surface area contributed by atoms with E-state index in [0.717, 1.165) is 11.1 Å². The zero-order valence-electron chi connectivity index (χ0n) is 11.0. The molecule has 0 aliphatic heterocycles. The minimum atomic E-state index is -0.902. The largest absolute Gasteiger partial charge is 0.386 e. The van der Waals surface area contributed by atoms with Gasteiger partial charge in [0.15, 0.2) is 0 Å². The Hall–Kier alpha value is -0.930. The summed E-state index contributed by atoms with van der Waals surface area (Å²) in [5, 5.41) is 10.2. The predicted molar refractivity (Wildman–Crippen MR) is 66.5 cm³/mol. The van der Waals surface area contributed by atoms with E-state index < -0.39 is 6.10 Å². The second-order valence-corrected chi connectivity index (χ2v) is 4.32. The van der Waals surface area contributed by atoms with Crippen LogP contribution in [0.5, 0.6) is 0 Å². The summed E-state index contributed by atoms with van der Waals surface area (Å²) in [6.07, 6.45) is -0.599. The molecule has 0 saturated carbocycles. The van der Waals surface area contributed by atoms with Gasteiger partial charge in [-0.2, -0.15) is 0 Å². The van der Waals surface area contributed by atoms with E-state index in [4.69, 9.17) is 4.74 Å². The standard InChI is InChI=1S/C14H21FO2/c1-5-12(17-6-2)14(16)13-10(4)7-9(3)8-11(13)15/h7-8,12,14,16H,5-6H2,1-4H3. The van der Waals surface area contributed by atoms with Gasteiger partial charge in [-0.15, -0.1) is 0 Å². The number of aryl methyl sites for hydroxylation is 2. The average molecular weight is 240 g/mol. The maximum atomic E-state index is 13.9. The van der Waals surface area contributed by atoms with Gasteiger partial charge in [0.25, 0.3) is 0 Å². The fraction of sp³-hybridized carbons (Fsp3) is 0.571. The SMILES string of the molecule is CCOC(CC)C(O)c1c(C)cc(C)cc1F. The summed E-state index contributed by atoms with van der Waals surface area (Å²) >= 11 is 0. The van der Waals surface area contributed by atoms with Gasteiger partial charge in [0.05, 0.1) is 6.10 Å². The van der Waals surface area contributed by atoms with E-state index in [9.17, 15) is 9.50 Å². The minimum absolute atomic E-state index is 0.351. The van der Waals surface area contributed by atoms with Crippen LogP contribution in [0.25, 0.3) is 0 Å². The van der Waals surface area contributed by atoms with Crippen molar-refractivity contribution in [3.8, 4) is 0 Å². The number of ether oxygens (including phenoxy) is 1. The number of hydrogen-bond donors (Lipinski definition) is 1. The van der Waals surface area contributed by atoms with Crippen molar-refractivity contribution >= 4 is 0 Å². The van der Waals surface area contributed by atoms with Crippen molar-refractivity contribution < 1.29 is 14.2 Å². The predicted octanol–water partition coefficient (Wildman–Crippen LogP) is 3.29. The zero-order valence-corrected chi connectivity index (χ0v) is 11.0. The van der Waals surface area contributed by atoms with Gasteiger partial charge in [-0.05, 0) is 44.4 Å².